The minimum Gasteiger partial charge on any atom is -0.497 e. The average molecular weight is 1710 g/mol. The zero-order valence-corrected chi connectivity index (χ0v) is 74.2. The van der Waals surface area contributed by atoms with E-state index >= 15 is 0 Å². The van der Waals surface area contributed by atoms with E-state index in [1.54, 1.807) is 7.11 Å². The van der Waals surface area contributed by atoms with Crippen LogP contribution in [0.25, 0.3) is 67.8 Å². The van der Waals surface area contributed by atoms with Crippen LogP contribution in [-0.4, -0.2) is 210 Å². The number of rotatable bonds is 30. The van der Waals surface area contributed by atoms with Crippen LogP contribution >= 0.6 is 0 Å². The van der Waals surface area contributed by atoms with E-state index in [0.29, 0.717) is 51.7 Å². The Labute approximate surface area is 747 Å². The molecular formula is C103H122N16O8. The number of morpholine rings is 1. The van der Waals surface area contributed by atoms with Crippen molar-refractivity contribution in [3.63, 3.8) is 0 Å². The van der Waals surface area contributed by atoms with Crippen molar-refractivity contribution in [1.82, 2.24) is 80.0 Å². The third kappa shape index (κ3) is 24.0. The van der Waals surface area contributed by atoms with E-state index < -0.39 is 0 Å². The fourth-order valence-electron chi connectivity index (χ4n) is 16.9. The van der Waals surface area contributed by atoms with Gasteiger partial charge in [0.2, 0.25) is 0 Å². The first-order valence-electron chi connectivity index (χ1n) is 45.4. The molecule has 4 N–H and O–H groups in total. The summed E-state index contributed by atoms with van der Waals surface area (Å²) >= 11 is 0. The Morgan fingerprint density at radius 1 is 0.362 bits per heavy atom. The number of hydrogen-bond donors (Lipinski definition) is 4. The maximum atomic E-state index is 5.82. The van der Waals surface area contributed by atoms with Crippen molar-refractivity contribution in [3.05, 3.63) is 283 Å². The molecule has 19 rings (SSSR count). The summed E-state index contributed by atoms with van der Waals surface area (Å²) in [6.45, 7) is 25.6. The highest BCUT2D eigenvalue weighted by atomic mass is 16.6. The molecule has 24 heteroatoms. The van der Waals surface area contributed by atoms with E-state index in [9.17, 15) is 0 Å². The smallest absolute Gasteiger partial charge is 0.162 e. The number of para-hydroxylation sites is 4. The van der Waals surface area contributed by atoms with Gasteiger partial charge in [-0.05, 0) is 243 Å². The highest BCUT2D eigenvalue weighted by molar-refractivity contribution is 5.70. The molecule has 3 fully saturated rings. The molecule has 0 radical (unpaired) electrons. The van der Waals surface area contributed by atoms with Crippen molar-refractivity contribution in [3.8, 4) is 108 Å². The van der Waals surface area contributed by atoms with Gasteiger partial charge in [0.15, 0.2) is 34.5 Å². The number of piperidine rings is 2. The monoisotopic (exact) mass is 1710 g/mol. The number of methoxy groups -OCH3 is 1. The molecule has 0 unspecified atom stereocenters. The summed E-state index contributed by atoms with van der Waals surface area (Å²) in [7, 11) is 5.89. The van der Waals surface area contributed by atoms with E-state index in [2.05, 4.69) is 209 Å². The van der Waals surface area contributed by atoms with E-state index in [4.69, 9.17) is 58.3 Å². The van der Waals surface area contributed by atoms with Crippen LogP contribution in [-0.2, 0) is 44.0 Å². The number of nitrogens with zero attached hydrogens (tertiary/aromatic N) is 12. The Bertz CT molecular complexity index is 5550. The first-order chi connectivity index (χ1) is 62.6. The molecule has 0 atom stereocenters. The maximum absolute atomic E-state index is 5.82. The molecule has 0 bridgehead atoms. The van der Waals surface area contributed by atoms with Gasteiger partial charge in [0.1, 0.15) is 45.4 Å². The number of ether oxygens (including phenoxy) is 8. The van der Waals surface area contributed by atoms with Gasteiger partial charge in [-0.15, -0.1) is 0 Å². The van der Waals surface area contributed by atoms with Crippen molar-refractivity contribution in [2.45, 2.75) is 104 Å². The molecule has 10 heterocycles. The zero-order chi connectivity index (χ0) is 86.7. The third-order valence-electron chi connectivity index (χ3n) is 23.9. The van der Waals surface area contributed by atoms with Crippen molar-refractivity contribution in [2.75, 3.05) is 140 Å². The van der Waals surface area contributed by atoms with Gasteiger partial charge in [0.25, 0.3) is 0 Å². The van der Waals surface area contributed by atoms with Gasteiger partial charge >= 0.3 is 0 Å². The Morgan fingerprint density at radius 3 is 1.13 bits per heavy atom. The summed E-state index contributed by atoms with van der Waals surface area (Å²) in [6, 6.07) is 77.2. The average Bonchev–Trinajstić information content (AvgIpc) is 1.71. The number of hydrogen-bond acceptors (Lipinski definition) is 20. The second-order valence-electron chi connectivity index (χ2n) is 33.1. The molecule has 3 saturated heterocycles. The first kappa shape index (κ1) is 88.5. The second-order valence-corrected chi connectivity index (χ2v) is 33.1. The first-order valence-corrected chi connectivity index (χ1v) is 45.4. The van der Waals surface area contributed by atoms with Gasteiger partial charge in [-0.2, -0.15) is 20.4 Å². The summed E-state index contributed by atoms with van der Waals surface area (Å²) in [6.07, 6.45) is 15.7. The largest absolute Gasteiger partial charge is 0.497 e. The van der Waals surface area contributed by atoms with Gasteiger partial charge in [-0.3, -0.25) is 4.90 Å². The Morgan fingerprint density at radius 2 is 0.724 bits per heavy atom. The van der Waals surface area contributed by atoms with Crippen molar-refractivity contribution >= 4 is 0 Å². The van der Waals surface area contributed by atoms with Gasteiger partial charge in [0.05, 0.1) is 65.8 Å². The molecule has 0 spiro atoms. The minimum atomic E-state index is 0.552. The summed E-state index contributed by atoms with van der Waals surface area (Å²) in [5.74, 6) is 5.63. The molecule has 0 aliphatic carbocycles. The number of benzene rings is 9. The van der Waals surface area contributed by atoms with Gasteiger partial charge in [0, 0.05) is 134 Å². The molecule has 0 saturated carbocycles. The van der Waals surface area contributed by atoms with E-state index in [-0.39, 0.29) is 0 Å². The van der Waals surface area contributed by atoms with Crippen molar-refractivity contribution in [2.24, 2.45) is 0 Å². The number of nitrogens with one attached hydrogen (secondary N) is 4. The highest BCUT2D eigenvalue weighted by Crippen LogP contribution is 2.40. The minimum absolute atomic E-state index is 0.552. The molecule has 127 heavy (non-hydrogen) atoms. The topological polar surface area (TPSA) is 206 Å². The Hall–Kier alpha value is -11.9. The molecule has 0 amide bonds. The summed E-state index contributed by atoms with van der Waals surface area (Å²) in [4.78, 5) is 9.77. The van der Waals surface area contributed by atoms with Crippen LogP contribution < -0.4 is 54.4 Å². The zero-order valence-electron chi connectivity index (χ0n) is 74.2. The third-order valence-corrected chi connectivity index (χ3v) is 23.9. The van der Waals surface area contributed by atoms with E-state index in [1.165, 1.54) is 87.1 Å². The van der Waals surface area contributed by atoms with Crippen molar-refractivity contribution < 1.29 is 37.9 Å². The van der Waals surface area contributed by atoms with Crippen LogP contribution in [0.3, 0.4) is 0 Å². The predicted octanol–water partition coefficient (Wildman–Crippen LogP) is 16.2. The van der Waals surface area contributed by atoms with Gasteiger partial charge < -0.3 is 73.9 Å². The van der Waals surface area contributed by atoms with Crippen molar-refractivity contribution in [1.29, 1.82) is 0 Å². The normalized spacial score (nSPS) is 15.3. The molecule has 24 nitrogen and oxygen atoms in total. The molecule has 662 valence electrons. The molecule has 6 aliphatic heterocycles. The van der Waals surface area contributed by atoms with Gasteiger partial charge in [-0.1, -0.05) is 111 Å². The predicted molar refractivity (Wildman–Crippen MR) is 502 cm³/mol. The number of aromatic nitrogens is 8. The maximum Gasteiger partial charge on any atom is 0.162 e. The fraction of sp³-hybridized carbons (Fsp3) is 0.359. The van der Waals surface area contributed by atoms with Crippen LogP contribution in [0.1, 0.15) is 85.8 Å². The van der Waals surface area contributed by atoms with Gasteiger partial charge in [-0.25, -0.2) is 18.7 Å². The lowest BCUT2D eigenvalue weighted by atomic mass is 10.0. The molecule has 13 aromatic rings. The van der Waals surface area contributed by atoms with E-state index in [0.717, 1.165) is 211 Å². The van der Waals surface area contributed by atoms with E-state index in [1.807, 2.05) is 128 Å². The summed E-state index contributed by atoms with van der Waals surface area (Å²) in [5, 5.41) is 34.6. The number of fused-ring (bicyclic) bond motifs is 3. The Kier molecular flexibility index (Phi) is 31.3. The lowest BCUT2D eigenvalue weighted by Crippen LogP contribution is -2.42. The molecule has 6 aliphatic rings. The molecule has 4 aromatic heterocycles. The summed E-state index contributed by atoms with van der Waals surface area (Å²) < 4.78 is 53.2. The summed E-state index contributed by atoms with van der Waals surface area (Å²) in [5.41, 5.74) is 19.8. The van der Waals surface area contributed by atoms with Crippen LogP contribution in [0.15, 0.2) is 249 Å². The van der Waals surface area contributed by atoms with Crippen LogP contribution in [0.4, 0.5) is 0 Å². The standard InChI is InChI=1S/C29H32N4O2.C26H32N4O2.C25H30N4O2.C23H28N4O2/c1-34-28-13-11-23(12-14-28)29-26(22-33(31-29)27-9-3-2-4-10-27)20-30-19-24-7-5-6-8-25(24)21-32-15-17-35-18-16-32;1-2-12-29-13-10-22(11-14-29)27-18-21-19-30(23-6-4-3-5-7-23)28-26(21)20-8-9-24-25(17-20)32-16-15-31-24;1-2-28-12-10-21(11-13-28)26-17-20-18-29(22-6-4-3-5-7-22)27-25(20)19-8-9-23-24(16-19)31-15-14-30-23;1-26(2)12-6-11-24-16-19-17-27(20-7-4-3-5-8-20)25-23(19)18-9-10-21-22(15-18)29-14-13-28-21/h2-14,22,30H,15-21H2,1H3;3-9,17,19,22,27H,2,10-16,18H2,1H3;3-9,16,18,21,26H,2,10-15,17H2,1H3;3-5,7-10,15,17,24H,6,11-14,16H2,1-2H3. The fourth-order valence-corrected chi connectivity index (χ4v) is 16.9. The quantitative estimate of drug-likeness (QED) is 0.0309. The SMILES string of the molecule is CCCN1CCC(NCc2cn(-c3ccccc3)nc2-c2ccc3c(c2)OCCO3)CC1.CCN1CCC(NCc2cn(-c3ccccc3)nc2-c2ccc3c(c2)OCCO3)CC1.CN(C)CCCNCc1cn(-c2ccccc2)nc1-c1ccc2c(c1)OCCO2.COc1ccc(-c2nn(-c3ccccc3)cc2CNCc2ccccc2CN2CCOCC2)cc1. The second kappa shape index (κ2) is 45.0. The van der Waals surface area contributed by atoms with Crippen LogP contribution in [0.2, 0.25) is 0 Å². The lowest BCUT2D eigenvalue weighted by Gasteiger charge is -2.32. The lowest BCUT2D eigenvalue weighted by molar-refractivity contribution is 0.0340. The number of likely N-dealkylation sites (tertiary alicyclic amines) is 2. The highest BCUT2D eigenvalue weighted by Gasteiger charge is 2.26. The Balaban J connectivity index is 0.000000125. The van der Waals surface area contributed by atoms with Crippen LogP contribution in [0, 0.1) is 0 Å². The van der Waals surface area contributed by atoms with Crippen LogP contribution in [0.5, 0.6) is 40.2 Å². The molecular weight excluding hydrogens is 1590 g/mol. The molecule has 9 aromatic carbocycles.